The number of nitrogens with two attached hydrogens (primary N) is 1. The van der Waals surface area contributed by atoms with Crippen LogP contribution in [0.3, 0.4) is 0 Å². The molecule has 0 aliphatic carbocycles. The maximum Gasteiger partial charge on any atom is 0.331 e. The minimum absolute atomic E-state index is 0.279. The van der Waals surface area contributed by atoms with Gasteiger partial charge in [-0.2, -0.15) is 0 Å². The van der Waals surface area contributed by atoms with E-state index in [-0.39, 0.29) is 5.91 Å². The zero-order valence-electron chi connectivity index (χ0n) is 10.8. The summed E-state index contributed by atoms with van der Waals surface area (Å²) in [6.07, 6.45) is 0.347. The molecule has 1 rings (SSSR count). The van der Waals surface area contributed by atoms with Gasteiger partial charge in [-0.3, -0.25) is 4.79 Å². The molecule has 0 aliphatic rings. The molecule has 5 heteroatoms. The number of methoxy groups -OCH3 is 1. The lowest BCUT2D eigenvalue weighted by molar-refractivity contribution is -0.149. The summed E-state index contributed by atoms with van der Waals surface area (Å²) in [5, 5.41) is 2.63. The average molecular weight is 250 g/mol. The first kappa shape index (κ1) is 14.0. The number of benzene rings is 1. The molecule has 1 aromatic carbocycles. The molecule has 0 radical (unpaired) electrons. The van der Waals surface area contributed by atoms with Crippen LogP contribution in [0.25, 0.3) is 0 Å². The molecule has 18 heavy (non-hydrogen) atoms. The number of carbonyl (C=O) groups excluding carboxylic acids is 2. The summed E-state index contributed by atoms with van der Waals surface area (Å²) in [6, 6.07) is 7.14. The zero-order valence-corrected chi connectivity index (χ0v) is 10.8. The van der Waals surface area contributed by atoms with E-state index in [2.05, 4.69) is 5.32 Å². The van der Waals surface area contributed by atoms with Crippen LogP contribution in [-0.2, 0) is 20.7 Å². The standard InChI is InChI=1S/C13H18N2O3/c1-9(16)15-13(2,12(17)18-3)8-10-4-6-11(14)7-5-10/h4-7H,8,14H2,1-3H3,(H,15,16)/t13-/m0/s1. The van der Waals surface area contributed by atoms with Crippen LogP contribution in [0.2, 0.25) is 0 Å². The summed E-state index contributed by atoms with van der Waals surface area (Å²) in [5.41, 5.74) is 6.07. The largest absolute Gasteiger partial charge is 0.467 e. The zero-order chi connectivity index (χ0) is 13.8. The first-order valence-electron chi connectivity index (χ1n) is 5.59. The van der Waals surface area contributed by atoms with E-state index < -0.39 is 11.5 Å². The second kappa shape index (κ2) is 5.53. The van der Waals surface area contributed by atoms with Crippen molar-refractivity contribution < 1.29 is 14.3 Å². The van der Waals surface area contributed by atoms with Crippen LogP contribution in [-0.4, -0.2) is 24.5 Å². The number of anilines is 1. The van der Waals surface area contributed by atoms with Crippen molar-refractivity contribution in [2.24, 2.45) is 0 Å². The van der Waals surface area contributed by atoms with Gasteiger partial charge < -0.3 is 15.8 Å². The lowest BCUT2D eigenvalue weighted by Gasteiger charge is -2.27. The minimum Gasteiger partial charge on any atom is -0.467 e. The van der Waals surface area contributed by atoms with E-state index in [1.807, 2.05) is 12.1 Å². The van der Waals surface area contributed by atoms with Crippen molar-refractivity contribution in [1.82, 2.24) is 5.32 Å². The first-order valence-corrected chi connectivity index (χ1v) is 5.59. The van der Waals surface area contributed by atoms with Gasteiger partial charge in [0.25, 0.3) is 0 Å². The Morgan fingerprint density at radius 1 is 1.33 bits per heavy atom. The molecular weight excluding hydrogens is 232 g/mol. The molecule has 5 nitrogen and oxygen atoms in total. The number of ether oxygens (including phenoxy) is 1. The molecule has 1 amide bonds. The summed E-state index contributed by atoms with van der Waals surface area (Å²) in [5.74, 6) is -0.757. The van der Waals surface area contributed by atoms with Crippen LogP contribution >= 0.6 is 0 Å². The monoisotopic (exact) mass is 250 g/mol. The molecule has 0 bridgehead atoms. The van der Waals surface area contributed by atoms with Crippen molar-refractivity contribution in [3.63, 3.8) is 0 Å². The Morgan fingerprint density at radius 3 is 2.33 bits per heavy atom. The molecule has 0 heterocycles. The molecular formula is C13H18N2O3. The number of esters is 1. The van der Waals surface area contributed by atoms with Gasteiger partial charge in [0.15, 0.2) is 0 Å². The topological polar surface area (TPSA) is 81.4 Å². The Balaban J connectivity index is 2.94. The maximum atomic E-state index is 11.8. The van der Waals surface area contributed by atoms with Gasteiger partial charge in [-0.25, -0.2) is 4.79 Å². The van der Waals surface area contributed by atoms with E-state index in [1.165, 1.54) is 14.0 Å². The van der Waals surface area contributed by atoms with Crippen LogP contribution in [0.4, 0.5) is 5.69 Å². The number of carbonyl (C=O) groups is 2. The predicted octanol–water partition coefficient (Wildman–Crippen LogP) is 0.879. The molecule has 1 atom stereocenters. The van der Waals surface area contributed by atoms with Gasteiger partial charge in [0.05, 0.1) is 7.11 Å². The Bertz CT molecular complexity index is 442. The number of nitrogen functional groups attached to an aromatic ring is 1. The minimum atomic E-state index is -1.07. The van der Waals surface area contributed by atoms with E-state index in [9.17, 15) is 9.59 Å². The van der Waals surface area contributed by atoms with Crippen LogP contribution in [0.1, 0.15) is 19.4 Å². The van der Waals surface area contributed by atoms with Gasteiger partial charge in [0.1, 0.15) is 5.54 Å². The molecule has 3 N–H and O–H groups in total. The number of rotatable bonds is 4. The highest BCUT2D eigenvalue weighted by molar-refractivity contribution is 5.87. The molecule has 0 saturated carbocycles. The molecule has 0 aromatic heterocycles. The van der Waals surface area contributed by atoms with Gasteiger partial charge in [0, 0.05) is 19.0 Å². The number of hydrogen-bond donors (Lipinski definition) is 2. The van der Waals surface area contributed by atoms with Crippen molar-refractivity contribution in [2.45, 2.75) is 25.8 Å². The highest BCUT2D eigenvalue weighted by Crippen LogP contribution is 2.16. The lowest BCUT2D eigenvalue weighted by atomic mass is 9.92. The van der Waals surface area contributed by atoms with Gasteiger partial charge in [-0.15, -0.1) is 0 Å². The molecule has 0 fully saturated rings. The number of hydrogen-bond acceptors (Lipinski definition) is 4. The maximum absolute atomic E-state index is 11.8. The van der Waals surface area contributed by atoms with Crippen molar-refractivity contribution >= 4 is 17.6 Å². The number of amides is 1. The molecule has 0 spiro atoms. The van der Waals surface area contributed by atoms with Gasteiger partial charge >= 0.3 is 5.97 Å². The van der Waals surface area contributed by atoms with Crippen LogP contribution in [0.5, 0.6) is 0 Å². The fourth-order valence-corrected chi connectivity index (χ4v) is 1.82. The van der Waals surface area contributed by atoms with E-state index in [4.69, 9.17) is 10.5 Å². The molecule has 0 saturated heterocycles. The normalized spacial score (nSPS) is 13.5. The van der Waals surface area contributed by atoms with Crippen molar-refractivity contribution in [3.05, 3.63) is 29.8 Å². The molecule has 98 valence electrons. The Kier molecular flexibility index (Phi) is 4.31. The summed E-state index contributed by atoms with van der Waals surface area (Å²) in [7, 11) is 1.30. The first-order chi connectivity index (χ1) is 8.37. The van der Waals surface area contributed by atoms with E-state index >= 15 is 0 Å². The van der Waals surface area contributed by atoms with E-state index in [0.29, 0.717) is 12.1 Å². The van der Waals surface area contributed by atoms with Crippen molar-refractivity contribution in [1.29, 1.82) is 0 Å². The SMILES string of the molecule is COC(=O)[C@](C)(Cc1ccc(N)cc1)NC(C)=O. The third kappa shape index (κ3) is 3.48. The number of nitrogens with one attached hydrogen (secondary N) is 1. The Morgan fingerprint density at radius 2 is 1.89 bits per heavy atom. The predicted molar refractivity (Wildman–Crippen MR) is 68.8 cm³/mol. The second-order valence-corrected chi connectivity index (χ2v) is 4.42. The van der Waals surface area contributed by atoms with Crippen LogP contribution in [0.15, 0.2) is 24.3 Å². The van der Waals surface area contributed by atoms with Crippen molar-refractivity contribution in [2.75, 3.05) is 12.8 Å². The van der Waals surface area contributed by atoms with Crippen LogP contribution in [0, 0.1) is 0 Å². The third-order valence-corrected chi connectivity index (χ3v) is 2.63. The molecule has 0 unspecified atom stereocenters. The Labute approximate surface area is 106 Å². The van der Waals surface area contributed by atoms with E-state index in [0.717, 1.165) is 5.56 Å². The third-order valence-electron chi connectivity index (χ3n) is 2.63. The highest BCUT2D eigenvalue weighted by Gasteiger charge is 2.35. The molecule has 1 aromatic rings. The summed E-state index contributed by atoms with van der Waals surface area (Å²) in [6.45, 7) is 3.00. The van der Waals surface area contributed by atoms with Gasteiger partial charge in [-0.1, -0.05) is 12.1 Å². The lowest BCUT2D eigenvalue weighted by Crippen LogP contribution is -2.53. The summed E-state index contributed by atoms with van der Waals surface area (Å²) in [4.78, 5) is 23.0. The summed E-state index contributed by atoms with van der Waals surface area (Å²) >= 11 is 0. The smallest absolute Gasteiger partial charge is 0.331 e. The summed E-state index contributed by atoms with van der Waals surface area (Å²) < 4.78 is 4.73. The quantitative estimate of drug-likeness (QED) is 0.614. The second-order valence-electron chi connectivity index (χ2n) is 4.42. The average Bonchev–Trinajstić information content (AvgIpc) is 2.30. The van der Waals surface area contributed by atoms with Gasteiger partial charge in [-0.05, 0) is 24.6 Å². The van der Waals surface area contributed by atoms with Gasteiger partial charge in [0.2, 0.25) is 5.91 Å². The fourth-order valence-electron chi connectivity index (χ4n) is 1.82. The van der Waals surface area contributed by atoms with Crippen molar-refractivity contribution in [3.8, 4) is 0 Å². The van der Waals surface area contributed by atoms with Crippen LogP contribution < -0.4 is 11.1 Å². The fraction of sp³-hybridized carbons (Fsp3) is 0.385. The van der Waals surface area contributed by atoms with E-state index in [1.54, 1.807) is 19.1 Å². The molecule has 0 aliphatic heterocycles. The highest BCUT2D eigenvalue weighted by atomic mass is 16.5. The Hall–Kier alpha value is -2.04.